The molecule has 20 heavy (non-hydrogen) atoms. The third kappa shape index (κ3) is 5.27. The molecular formula is C15H22N2O2S. The van der Waals surface area contributed by atoms with Gasteiger partial charge in [-0.3, -0.25) is 4.79 Å². The highest BCUT2D eigenvalue weighted by Crippen LogP contribution is 2.15. The number of benzene rings is 1. The Kier molecular flexibility index (Phi) is 7.18. The standard InChI is InChI=1S/C15H22N2O2S/c1-2-5-13(14(16)20)15(19)17-12-8-3-6-11(10-12)7-4-9-18/h3,6,8,10,13,18H,2,4-5,7,9H2,1H3,(H2,16,20)(H,17,19). The largest absolute Gasteiger partial charge is 0.396 e. The van der Waals surface area contributed by atoms with Crippen molar-refractivity contribution >= 4 is 28.8 Å². The third-order valence-corrected chi connectivity index (χ3v) is 3.34. The number of hydrogen-bond donors (Lipinski definition) is 3. The molecule has 0 aliphatic heterocycles. The van der Waals surface area contributed by atoms with E-state index in [0.29, 0.717) is 12.8 Å². The van der Waals surface area contributed by atoms with E-state index in [1.54, 1.807) is 0 Å². The van der Waals surface area contributed by atoms with Crippen molar-refractivity contribution < 1.29 is 9.90 Å². The predicted octanol–water partition coefficient (Wildman–Crippen LogP) is 2.25. The van der Waals surface area contributed by atoms with Gasteiger partial charge in [-0.05, 0) is 37.0 Å². The van der Waals surface area contributed by atoms with Crippen molar-refractivity contribution in [3.8, 4) is 0 Å². The topological polar surface area (TPSA) is 75.3 Å². The first-order valence-electron chi connectivity index (χ1n) is 6.88. The number of aliphatic hydroxyl groups excluding tert-OH is 1. The number of carbonyl (C=O) groups excluding carboxylic acids is 1. The van der Waals surface area contributed by atoms with Crippen LogP contribution in [0.1, 0.15) is 31.7 Å². The minimum absolute atomic E-state index is 0.154. The fraction of sp³-hybridized carbons (Fsp3) is 0.467. The van der Waals surface area contributed by atoms with Crippen LogP contribution in [0.2, 0.25) is 0 Å². The van der Waals surface area contributed by atoms with Crippen LogP contribution in [0.15, 0.2) is 24.3 Å². The predicted molar refractivity (Wildman–Crippen MR) is 85.7 cm³/mol. The molecule has 1 aromatic rings. The summed E-state index contributed by atoms with van der Waals surface area (Å²) in [6, 6.07) is 7.61. The third-order valence-electron chi connectivity index (χ3n) is 3.06. The van der Waals surface area contributed by atoms with Crippen LogP contribution in [-0.2, 0) is 11.2 Å². The number of carbonyl (C=O) groups is 1. The summed E-state index contributed by atoms with van der Waals surface area (Å²) in [5, 5.41) is 11.7. The van der Waals surface area contributed by atoms with Crippen LogP contribution in [0.3, 0.4) is 0 Å². The van der Waals surface area contributed by atoms with Crippen LogP contribution >= 0.6 is 12.2 Å². The Labute approximate surface area is 125 Å². The molecule has 0 aliphatic rings. The molecule has 0 heterocycles. The Morgan fingerprint density at radius 3 is 2.85 bits per heavy atom. The number of rotatable bonds is 8. The van der Waals surface area contributed by atoms with Crippen LogP contribution < -0.4 is 11.1 Å². The van der Waals surface area contributed by atoms with Gasteiger partial charge < -0.3 is 16.2 Å². The Morgan fingerprint density at radius 2 is 2.25 bits per heavy atom. The number of hydrogen-bond acceptors (Lipinski definition) is 3. The molecule has 0 aliphatic carbocycles. The zero-order chi connectivity index (χ0) is 15.0. The molecule has 5 heteroatoms. The van der Waals surface area contributed by atoms with E-state index in [9.17, 15) is 4.79 Å². The maximum atomic E-state index is 12.2. The average Bonchev–Trinajstić information content (AvgIpc) is 2.42. The summed E-state index contributed by atoms with van der Waals surface area (Å²) in [5.41, 5.74) is 7.44. The van der Waals surface area contributed by atoms with Gasteiger partial charge in [-0.25, -0.2) is 0 Å². The highest BCUT2D eigenvalue weighted by atomic mass is 32.1. The zero-order valence-corrected chi connectivity index (χ0v) is 12.6. The molecule has 0 saturated heterocycles. The van der Waals surface area contributed by atoms with Gasteiger partial charge in [0.2, 0.25) is 5.91 Å². The average molecular weight is 294 g/mol. The first-order valence-corrected chi connectivity index (χ1v) is 7.29. The van der Waals surface area contributed by atoms with E-state index in [4.69, 9.17) is 23.1 Å². The lowest BCUT2D eigenvalue weighted by Gasteiger charge is -2.15. The quantitative estimate of drug-likeness (QED) is 0.643. The molecule has 1 aromatic carbocycles. The van der Waals surface area contributed by atoms with Crippen LogP contribution in [0.5, 0.6) is 0 Å². The van der Waals surface area contributed by atoms with E-state index < -0.39 is 5.92 Å². The van der Waals surface area contributed by atoms with E-state index >= 15 is 0 Å². The molecule has 4 nitrogen and oxygen atoms in total. The Morgan fingerprint density at radius 1 is 1.50 bits per heavy atom. The van der Waals surface area contributed by atoms with Gasteiger partial charge in [0.1, 0.15) is 0 Å². The summed E-state index contributed by atoms with van der Waals surface area (Å²) in [5.74, 6) is -0.574. The fourth-order valence-electron chi connectivity index (χ4n) is 2.01. The molecular weight excluding hydrogens is 272 g/mol. The molecule has 110 valence electrons. The lowest BCUT2D eigenvalue weighted by molar-refractivity contribution is -0.118. The van der Waals surface area contributed by atoms with Gasteiger partial charge in [-0.1, -0.05) is 37.7 Å². The van der Waals surface area contributed by atoms with Crippen LogP contribution in [0.25, 0.3) is 0 Å². The lowest BCUT2D eigenvalue weighted by Crippen LogP contribution is -2.33. The van der Waals surface area contributed by atoms with E-state index in [0.717, 1.165) is 24.1 Å². The monoisotopic (exact) mass is 294 g/mol. The highest BCUT2D eigenvalue weighted by molar-refractivity contribution is 7.80. The molecule has 0 fully saturated rings. The molecule has 1 unspecified atom stereocenters. The second-order valence-corrected chi connectivity index (χ2v) is 5.23. The minimum atomic E-state index is -0.420. The van der Waals surface area contributed by atoms with Gasteiger partial charge in [-0.2, -0.15) is 0 Å². The maximum Gasteiger partial charge on any atom is 0.234 e. The number of anilines is 1. The molecule has 0 aromatic heterocycles. The number of aliphatic hydroxyl groups is 1. The molecule has 1 rings (SSSR count). The summed E-state index contributed by atoms with van der Waals surface area (Å²) >= 11 is 4.95. The van der Waals surface area contributed by atoms with Gasteiger partial charge in [0.05, 0.1) is 10.9 Å². The summed E-state index contributed by atoms with van der Waals surface area (Å²) in [6.07, 6.45) is 3.01. The van der Waals surface area contributed by atoms with Crippen molar-refractivity contribution in [3.05, 3.63) is 29.8 Å². The van der Waals surface area contributed by atoms with Gasteiger partial charge >= 0.3 is 0 Å². The first-order chi connectivity index (χ1) is 9.58. The Hall–Kier alpha value is -1.46. The summed E-state index contributed by atoms with van der Waals surface area (Å²) in [6.45, 7) is 2.16. The second kappa shape index (κ2) is 8.66. The van der Waals surface area contributed by atoms with Crippen molar-refractivity contribution in [2.45, 2.75) is 32.6 Å². The number of nitrogens with one attached hydrogen (secondary N) is 1. The number of thiocarbonyl (C=S) groups is 1. The van der Waals surface area contributed by atoms with Crippen LogP contribution in [0.4, 0.5) is 5.69 Å². The molecule has 1 atom stereocenters. The van der Waals surface area contributed by atoms with Gasteiger partial charge in [-0.15, -0.1) is 0 Å². The lowest BCUT2D eigenvalue weighted by atomic mass is 10.0. The number of aryl methyl sites for hydroxylation is 1. The van der Waals surface area contributed by atoms with Gasteiger partial charge in [0.25, 0.3) is 0 Å². The van der Waals surface area contributed by atoms with E-state index in [-0.39, 0.29) is 17.5 Å². The van der Waals surface area contributed by atoms with Crippen LogP contribution in [-0.4, -0.2) is 22.6 Å². The normalized spacial score (nSPS) is 11.9. The number of amides is 1. The van der Waals surface area contributed by atoms with Crippen molar-refractivity contribution in [1.82, 2.24) is 0 Å². The molecule has 0 saturated carbocycles. The van der Waals surface area contributed by atoms with E-state index in [1.807, 2.05) is 31.2 Å². The fourth-order valence-corrected chi connectivity index (χ4v) is 2.23. The summed E-state index contributed by atoms with van der Waals surface area (Å²) < 4.78 is 0. The van der Waals surface area contributed by atoms with E-state index in [2.05, 4.69) is 5.32 Å². The smallest absolute Gasteiger partial charge is 0.234 e. The zero-order valence-electron chi connectivity index (χ0n) is 11.8. The number of nitrogens with two attached hydrogens (primary N) is 1. The van der Waals surface area contributed by atoms with Crippen molar-refractivity contribution in [2.24, 2.45) is 11.7 Å². The summed E-state index contributed by atoms with van der Waals surface area (Å²) in [7, 11) is 0. The van der Waals surface area contributed by atoms with Crippen LogP contribution in [0, 0.1) is 5.92 Å². The summed E-state index contributed by atoms with van der Waals surface area (Å²) in [4.78, 5) is 12.4. The molecule has 1 amide bonds. The second-order valence-electron chi connectivity index (χ2n) is 4.76. The Balaban J connectivity index is 2.71. The van der Waals surface area contributed by atoms with Crippen molar-refractivity contribution in [3.63, 3.8) is 0 Å². The van der Waals surface area contributed by atoms with Gasteiger partial charge in [0.15, 0.2) is 0 Å². The van der Waals surface area contributed by atoms with E-state index in [1.165, 1.54) is 0 Å². The minimum Gasteiger partial charge on any atom is -0.396 e. The van der Waals surface area contributed by atoms with Gasteiger partial charge in [0, 0.05) is 12.3 Å². The molecule has 0 spiro atoms. The molecule has 4 N–H and O–H groups in total. The first kappa shape index (κ1) is 16.6. The van der Waals surface area contributed by atoms with Crippen molar-refractivity contribution in [2.75, 3.05) is 11.9 Å². The van der Waals surface area contributed by atoms with Crippen molar-refractivity contribution in [1.29, 1.82) is 0 Å². The highest BCUT2D eigenvalue weighted by Gasteiger charge is 2.20. The maximum absolute atomic E-state index is 12.2. The SMILES string of the molecule is CCCC(C(=O)Nc1cccc(CCCO)c1)C(N)=S. The Bertz CT molecular complexity index is 463. The molecule has 0 bridgehead atoms. The molecule has 0 radical (unpaired) electrons.